The Morgan fingerprint density at radius 1 is 0.870 bits per heavy atom. The molecule has 2 heteroatoms. The van der Waals surface area contributed by atoms with Crippen molar-refractivity contribution >= 4 is 5.91 Å². The Morgan fingerprint density at radius 2 is 1.61 bits per heavy atom. The fourth-order valence-electron chi connectivity index (χ4n) is 7.97. The van der Waals surface area contributed by atoms with Gasteiger partial charge in [0.1, 0.15) is 0 Å². The molecule has 0 saturated heterocycles. The van der Waals surface area contributed by atoms with E-state index in [9.17, 15) is 4.79 Å². The molecular formula is C21H35NO. The quantitative estimate of drug-likeness (QED) is 0.733. The van der Waals surface area contributed by atoms with Crippen LogP contribution in [-0.2, 0) is 4.79 Å². The summed E-state index contributed by atoms with van der Waals surface area (Å²) in [6.45, 7) is 7.20. The first-order valence-electron chi connectivity index (χ1n) is 10.1. The van der Waals surface area contributed by atoms with Crippen LogP contribution in [0.5, 0.6) is 0 Å². The predicted molar refractivity (Wildman–Crippen MR) is 93.6 cm³/mol. The van der Waals surface area contributed by atoms with E-state index in [1.54, 1.807) is 0 Å². The molecule has 4 rings (SSSR count). The highest BCUT2D eigenvalue weighted by molar-refractivity contribution is 5.82. The minimum atomic E-state index is -0.271. The van der Waals surface area contributed by atoms with Crippen LogP contribution in [0.25, 0.3) is 0 Å². The average Bonchev–Trinajstić information content (AvgIpc) is 2.80. The van der Waals surface area contributed by atoms with Gasteiger partial charge in [-0.05, 0) is 85.9 Å². The molecule has 4 fully saturated rings. The average molecular weight is 318 g/mol. The molecule has 0 aliphatic heterocycles. The first kappa shape index (κ1) is 16.0. The molecule has 23 heavy (non-hydrogen) atoms. The van der Waals surface area contributed by atoms with Gasteiger partial charge >= 0.3 is 0 Å². The first-order chi connectivity index (χ1) is 10.8. The van der Waals surface area contributed by atoms with Crippen molar-refractivity contribution in [2.45, 2.75) is 85.0 Å². The van der Waals surface area contributed by atoms with E-state index in [1.165, 1.54) is 57.8 Å². The van der Waals surface area contributed by atoms with Crippen LogP contribution in [0.3, 0.4) is 0 Å². The number of hydrogen-bond donors (Lipinski definition) is 1. The van der Waals surface area contributed by atoms with Gasteiger partial charge in [0.05, 0.1) is 5.41 Å². The molecule has 4 aliphatic rings. The Morgan fingerprint density at radius 3 is 2.35 bits per heavy atom. The third kappa shape index (κ3) is 1.90. The normalized spacial score (nSPS) is 55.6. The lowest BCUT2D eigenvalue weighted by molar-refractivity contribution is -0.146. The van der Waals surface area contributed by atoms with Crippen LogP contribution in [0, 0.1) is 39.9 Å². The number of fused-ring (bicyclic) bond motifs is 5. The summed E-state index contributed by atoms with van der Waals surface area (Å²) in [6, 6.07) is 0. The van der Waals surface area contributed by atoms with Gasteiger partial charge in [-0.1, -0.05) is 33.6 Å². The first-order valence-corrected chi connectivity index (χ1v) is 10.1. The van der Waals surface area contributed by atoms with Crippen LogP contribution in [0.2, 0.25) is 0 Å². The summed E-state index contributed by atoms with van der Waals surface area (Å²) in [5, 5.41) is 0. The van der Waals surface area contributed by atoms with Crippen molar-refractivity contribution in [3.8, 4) is 0 Å². The fraction of sp³-hybridized carbons (Fsp3) is 0.952. The number of carbonyl (C=O) groups is 1. The van der Waals surface area contributed by atoms with E-state index in [-0.39, 0.29) is 16.7 Å². The second kappa shape index (κ2) is 4.99. The van der Waals surface area contributed by atoms with Crippen molar-refractivity contribution in [3.05, 3.63) is 0 Å². The summed E-state index contributed by atoms with van der Waals surface area (Å²) >= 11 is 0. The van der Waals surface area contributed by atoms with E-state index in [0.717, 1.165) is 30.1 Å². The highest BCUT2D eigenvalue weighted by Crippen LogP contribution is 2.70. The third-order valence-corrected chi connectivity index (χ3v) is 9.73. The van der Waals surface area contributed by atoms with Gasteiger partial charge in [0.15, 0.2) is 0 Å². The van der Waals surface area contributed by atoms with Gasteiger partial charge < -0.3 is 5.73 Å². The number of hydrogen-bond acceptors (Lipinski definition) is 1. The molecule has 4 saturated carbocycles. The monoisotopic (exact) mass is 317 g/mol. The molecule has 0 radical (unpaired) electrons. The Bertz CT molecular complexity index is 516. The van der Waals surface area contributed by atoms with Gasteiger partial charge in [0.25, 0.3) is 0 Å². The van der Waals surface area contributed by atoms with Crippen LogP contribution in [0.4, 0.5) is 0 Å². The summed E-state index contributed by atoms with van der Waals surface area (Å²) in [4.78, 5) is 12.3. The SMILES string of the molecule is CC1(C(N)=O)CC[C@H]2[C@@H]3CCC4CCCC[C@]4(C)[C@@H]3CC[C@@]21C. The number of primary amides is 1. The van der Waals surface area contributed by atoms with E-state index in [4.69, 9.17) is 5.73 Å². The van der Waals surface area contributed by atoms with Crippen LogP contribution in [-0.4, -0.2) is 5.91 Å². The summed E-state index contributed by atoms with van der Waals surface area (Å²) < 4.78 is 0. The van der Waals surface area contributed by atoms with Crippen LogP contribution >= 0.6 is 0 Å². The smallest absolute Gasteiger partial charge is 0.223 e. The maximum atomic E-state index is 12.3. The highest BCUT2D eigenvalue weighted by atomic mass is 16.1. The lowest BCUT2D eigenvalue weighted by atomic mass is 9.43. The van der Waals surface area contributed by atoms with E-state index in [1.807, 2.05) is 0 Å². The molecule has 0 spiro atoms. The molecule has 0 aromatic heterocycles. The molecule has 2 unspecified atom stereocenters. The minimum Gasteiger partial charge on any atom is -0.369 e. The molecule has 0 aromatic rings. The molecule has 1 amide bonds. The van der Waals surface area contributed by atoms with Crippen molar-refractivity contribution in [1.29, 1.82) is 0 Å². The van der Waals surface area contributed by atoms with Crippen molar-refractivity contribution in [1.82, 2.24) is 0 Å². The number of rotatable bonds is 1. The number of nitrogens with two attached hydrogens (primary N) is 1. The Kier molecular flexibility index (Phi) is 3.46. The van der Waals surface area contributed by atoms with Gasteiger partial charge in [0, 0.05) is 0 Å². The molecule has 0 bridgehead atoms. The standard InChI is InChI=1S/C21H35NO/c1-19-11-5-4-6-14(19)7-8-15-16(19)9-12-20(2)17(15)10-13-21(20,3)18(22)23/h14-17H,4-13H2,1-3H3,(H2,22,23)/t14?,15-,16-,17+,19+,20+,21?/m1/s1. The van der Waals surface area contributed by atoms with Crippen molar-refractivity contribution in [3.63, 3.8) is 0 Å². The van der Waals surface area contributed by atoms with E-state index in [0.29, 0.717) is 5.41 Å². The lowest BCUT2D eigenvalue weighted by Crippen LogP contribution is -2.55. The topological polar surface area (TPSA) is 43.1 Å². The van der Waals surface area contributed by atoms with Gasteiger partial charge in [0.2, 0.25) is 5.91 Å². The zero-order valence-corrected chi connectivity index (χ0v) is 15.4. The van der Waals surface area contributed by atoms with E-state index < -0.39 is 0 Å². The Balaban J connectivity index is 1.67. The van der Waals surface area contributed by atoms with E-state index >= 15 is 0 Å². The molecule has 0 aromatic carbocycles. The summed E-state index contributed by atoms with van der Waals surface area (Å²) in [6.07, 6.45) is 13.5. The second-order valence-corrected chi connectivity index (χ2v) is 10.1. The Hall–Kier alpha value is -0.530. The minimum absolute atomic E-state index is 0.0430. The second-order valence-electron chi connectivity index (χ2n) is 10.1. The zero-order valence-electron chi connectivity index (χ0n) is 15.4. The number of carbonyl (C=O) groups excluding carboxylic acids is 1. The zero-order chi connectivity index (χ0) is 16.5. The number of amides is 1. The van der Waals surface area contributed by atoms with Gasteiger partial charge in [-0.3, -0.25) is 4.79 Å². The molecule has 130 valence electrons. The predicted octanol–water partition coefficient (Wildman–Crippen LogP) is 4.91. The molecule has 0 heterocycles. The maximum Gasteiger partial charge on any atom is 0.223 e. The van der Waals surface area contributed by atoms with Crippen LogP contribution in [0.15, 0.2) is 0 Å². The van der Waals surface area contributed by atoms with Crippen LogP contribution in [0.1, 0.15) is 85.0 Å². The van der Waals surface area contributed by atoms with Gasteiger partial charge in [-0.2, -0.15) is 0 Å². The van der Waals surface area contributed by atoms with Crippen molar-refractivity contribution < 1.29 is 4.79 Å². The fourth-order valence-corrected chi connectivity index (χ4v) is 7.97. The summed E-state index contributed by atoms with van der Waals surface area (Å²) in [7, 11) is 0. The highest BCUT2D eigenvalue weighted by Gasteiger charge is 2.64. The van der Waals surface area contributed by atoms with E-state index in [2.05, 4.69) is 20.8 Å². The van der Waals surface area contributed by atoms with Crippen molar-refractivity contribution in [2.24, 2.45) is 45.7 Å². The van der Waals surface area contributed by atoms with Gasteiger partial charge in [-0.25, -0.2) is 0 Å². The molecule has 2 nitrogen and oxygen atoms in total. The van der Waals surface area contributed by atoms with Crippen molar-refractivity contribution in [2.75, 3.05) is 0 Å². The Labute approximate surface area is 142 Å². The third-order valence-electron chi connectivity index (χ3n) is 9.73. The molecule has 2 N–H and O–H groups in total. The largest absolute Gasteiger partial charge is 0.369 e. The maximum absolute atomic E-state index is 12.3. The molecule has 7 atom stereocenters. The molecule has 4 aliphatic carbocycles. The molecular weight excluding hydrogens is 282 g/mol. The van der Waals surface area contributed by atoms with Gasteiger partial charge in [-0.15, -0.1) is 0 Å². The summed E-state index contributed by atoms with van der Waals surface area (Å²) in [5.74, 6) is 3.44. The lowest BCUT2D eigenvalue weighted by Gasteiger charge is -2.61. The van der Waals surface area contributed by atoms with Crippen LogP contribution < -0.4 is 5.73 Å². The summed E-state index contributed by atoms with van der Waals surface area (Å²) in [5.41, 5.74) is 6.36.